The molecule has 0 atom stereocenters. The summed E-state index contributed by atoms with van der Waals surface area (Å²) < 4.78 is 14.1. The highest BCUT2D eigenvalue weighted by atomic mass is 79.9. The van der Waals surface area contributed by atoms with Crippen LogP contribution in [0.15, 0.2) is 22.0 Å². The fraction of sp³-hybridized carbons (Fsp3) is 0.182. The van der Waals surface area contributed by atoms with E-state index in [1.165, 1.54) is 17.4 Å². The van der Waals surface area contributed by atoms with Crippen LogP contribution < -0.4 is 5.73 Å². The van der Waals surface area contributed by atoms with Gasteiger partial charge in [0.25, 0.3) is 0 Å². The minimum atomic E-state index is -0.196. The summed E-state index contributed by atoms with van der Waals surface area (Å²) in [6.07, 6.45) is 0. The molecule has 2 nitrogen and oxygen atoms in total. The molecule has 2 rings (SSSR count). The number of rotatable bonds is 2. The first kappa shape index (κ1) is 11.7. The van der Waals surface area contributed by atoms with E-state index < -0.39 is 0 Å². The fourth-order valence-electron chi connectivity index (χ4n) is 1.36. The van der Waals surface area contributed by atoms with Gasteiger partial charge in [0, 0.05) is 12.1 Å². The van der Waals surface area contributed by atoms with Crippen molar-refractivity contribution in [2.24, 2.45) is 5.73 Å². The number of aromatic nitrogens is 1. The number of nitrogens with two attached hydrogens (primary N) is 1. The first-order valence-electron chi connectivity index (χ1n) is 4.73. The molecule has 0 saturated carbocycles. The van der Waals surface area contributed by atoms with Gasteiger partial charge in [0.1, 0.15) is 10.8 Å². The van der Waals surface area contributed by atoms with Gasteiger partial charge < -0.3 is 5.73 Å². The summed E-state index contributed by atoms with van der Waals surface area (Å²) in [7, 11) is 0. The van der Waals surface area contributed by atoms with Crippen molar-refractivity contribution in [1.29, 1.82) is 0 Å². The normalized spacial score (nSPS) is 10.8. The number of halogens is 2. The highest BCUT2D eigenvalue weighted by Crippen LogP contribution is 2.32. The maximum atomic E-state index is 13.1. The summed E-state index contributed by atoms with van der Waals surface area (Å²) in [6, 6.07) is 4.98. The van der Waals surface area contributed by atoms with Gasteiger partial charge in [-0.3, -0.25) is 0 Å². The van der Waals surface area contributed by atoms with Gasteiger partial charge in [-0.05, 0) is 46.6 Å². The molecule has 0 aliphatic carbocycles. The smallest absolute Gasteiger partial charge is 0.126 e. The Bertz CT molecular complexity index is 525. The highest BCUT2D eigenvalue weighted by Gasteiger charge is 2.10. The average molecular weight is 301 g/mol. The third-order valence-electron chi connectivity index (χ3n) is 2.25. The first-order valence-corrected chi connectivity index (χ1v) is 6.34. The number of hydrogen-bond donors (Lipinski definition) is 1. The van der Waals surface area contributed by atoms with Crippen LogP contribution in [0, 0.1) is 12.7 Å². The molecule has 0 amide bonds. The largest absolute Gasteiger partial charge is 0.325 e. The van der Waals surface area contributed by atoms with E-state index in [-0.39, 0.29) is 5.82 Å². The molecular weight excluding hydrogens is 291 g/mol. The van der Waals surface area contributed by atoms with E-state index in [1.54, 1.807) is 19.1 Å². The van der Waals surface area contributed by atoms with Crippen molar-refractivity contribution < 1.29 is 4.39 Å². The van der Waals surface area contributed by atoms with Crippen LogP contribution in [-0.4, -0.2) is 4.98 Å². The van der Waals surface area contributed by atoms with Gasteiger partial charge in [0.05, 0.1) is 9.48 Å². The Hall–Kier alpha value is -0.780. The molecule has 16 heavy (non-hydrogen) atoms. The van der Waals surface area contributed by atoms with E-state index in [0.717, 1.165) is 20.1 Å². The van der Waals surface area contributed by atoms with Crippen molar-refractivity contribution in [3.8, 4) is 10.6 Å². The molecule has 1 aromatic heterocycles. The predicted octanol–water partition coefficient (Wildman–Crippen LogP) is 3.48. The summed E-state index contributed by atoms with van der Waals surface area (Å²) in [5.74, 6) is -0.196. The van der Waals surface area contributed by atoms with E-state index in [1.807, 2.05) is 0 Å². The minimum Gasteiger partial charge on any atom is -0.325 e. The Morgan fingerprint density at radius 3 is 2.81 bits per heavy atom. The standard InChI is InChI=1S/C11H10BrFN2S/c1-6-4-7(2-3-8(6)13)11-15-9(5-14)10(12)16-11/h2-4H,5,14H2,1H3. The molecule has 0 aliphatic heterocycles. The molecule has 0 bridgehead atoms. The van der Waals surface area contributed by atoms with Crippen molar-refractivity contribution in [2.75, 3.05) is 0 Å². The van der Waals surface area contributed by atoms with E-state index in [9.17, 15) is 4.39 Å². The molecule has 0 fully saturated rings. The molecule has 0 unspecified atom stereocenters. The summed E-state index contributed by atoms with van der Waals surface area (Å²) in [5, 5.41) is 0.857. The molecule has 1 aromatic carbocycles. The Kier molecular flexibility index (Phi) is 3.37. The summed E-state index contributed by atoms with van der Waals surface area (Å²) in [4.78, 5) is 4.39. The number of thiazole rings is 1. The van der Waals surface area contributed by atoms with Crippen molar-refractivity contribution in [1.82, 2.24) is 4.98 Å². The number of nitrogens with zero attached hydrogens (tertiary/aromatic N) is 1. The second-order valence-corrected chi connectivity index (χ2v) is 5.72. The van der Waals surface area contributed by atoms with Crippen molar-refractivity contribution in [2.45, 2.75) is 13.5 Å². The maximum absolute atomic E-state index is 13.1. The van der Waals surface area contributed by atoms with Gasteiger partial charge in [-0.25, -0.2) is 9.37 Å². The molecule has 0 radical (unpaired) electrons. The third kappa shape index (κ3) is 2.16. The summed E-state index contributed by atoms with van der Waals surface area (Å²) in [6.45, 7) is 2.14. The second kappa shape index (κ2) is 4.61. The van der Waals surface area contributed by atoms with Crippen LogP contribution in [0.4, 0.5) is 4.39 Å². The Morgan fingerprint density at radius 2 is 2.25 bits per heavy atom. The Labute approximate surface area is 105 Å². The molecule has 1 heterocycles. The maximum Gasteiger partial charge on any atom is 0.126 e. The van der Waals surface area contributed by atoms with Crippen LogP contribution in [0.25, 0.3) is 10.6 Å². The van der Waals surface area contributed by atoms with Crippen LogP contribution in [0.3, 0.4) is 0 Å². The highest BCUT2D eigenvalue weighted by molar-refractivity contribution is 9.11. The van der Waals surface area contributed by atoms with Crippen LogP contribution in [-0.2, 0) is 6.54 Å². The van der Waals surface area contributed by atoms with Crippen molar-refractivity contribution >= 4 is 27.3 Å². The zero-order chi connectivity index (χ0) is 11.7. The lowest BCUT2D eigenvalue weighted by molar-refractivity contribution is 0.619. The monoisotopic (exact) mass is 300 g/mol. The Morgan fingerprint density at radius 1 is 1.50 bits per heavy atom. The second-order valence-electron chi connectivity index (χ2n) is 3.41. The summed E-state index contributed by atoms with van der Waals surface area (Å²) >= 11 is 4.92. The van der Waals surface area contributed by atoms with E-state index >= 15 is 0 Å². The topological polar surface area (TPSA) is 38.9 Å². The lowest BCUT2D eigenvalue weighted by Crippen LogP contribution is -1.96. The van der Waals surface area contributed by atoms with Crippen LogP contribution >= 0.6 is 27.3 Å². The van der Waals surface area contributed by atoms with E-state index in [0.29, 0.717) is 12.1 Å². The minimum absolute atomic E-state index is 0.196. The number of benzene rings is 1. The van der Waals surface area contributed by atoms with E-state index in [4.69, 9.17) is 5.73 Å². The van der Waals surface area contributed by atoms with E-state index in [2.05, 4.69) is 20.9 Å². The van der Waals surface area contributed by atoms with Crippen LogP contribution in [0.5, 0.6) is 0 Å². The molecule has 0 saturated heterocycles. The number of aryl methyl sites for hydroxylation is 1. The average Bonchev–Trinajstić information content (AvgIpc) is 2.64. The molecule has 84 valence electrons. The molecule has 2 aromatic rings. The lowest BCUT2D eigenvalue weighted by Gasteiger charge is -1.99. The number of hydrogen-bond acceptors (Lipinski definition) is 3. The van der Waals surface area contributed by atoms with Crippen LogP contribution in [0.2, 0.25) is 0 Å². The Balaban J connectivity index is 2.46. The molecule has 0 aliphatic rings. The van der Waals surface area contributed by atoms with Gasteiger partial charge in [-0.2, -0.15) is 0 Å². The van der Waals surface area contributed by atoms with Gasteiger partial charge in [-0.15, -0.1) is 11.3 Å². The molecular formula is C11H10BrFN2S. The third-order valence-corrected chi connectivity index (χ3v) is 4.13. The zero-order valence-electron chi connectivity index (χ0n) is 8.63. The first-order chi connectivity index (χ1) is 7.61. The van der Waals surface area contributed by atoms with Gasteiger partial charge >= 0.3 is 0 Å². The molecule has 2 N–H and O–H groups in total. The molecule has 0 spiro atoms. The van der Waals surface area contributed by atoms with Gasteiger partial charge in [-0.1, -0.05) is 0 Å². The van der Waals surface area contributed by atoms with Gasteiger partial charge in [0.2, 0.25) is 0 Å². The van der Waals surface area contributed by atoms with Crippen molar-refractivity contribution in [3.63, 3.8) is 0 Å². The summed E-state index contributed by atoms with van der Waals surface area (Å²) in [5.41, 5.74) is 7.93. The van der Waals surface area contributed by atoms with Crippen molar-refractivity contribution in [3.05, 3.63) is 39.1 Å². The van der Waals surface area contributed by atoms with Gasteiger partial charge in [0.15, 0.2) is 0 Å². The zero-order valence-corrected chi connectivity index (χ0v) is 11.0. The van der Waals surface area contributed by atoms with Crippen LogP contribution in [0.1, 0.15) is 11.3 Å². The lowest BCUT2D eigenvalue weighted by atomic mass is 10.1. The SMILES string of the molecule is Cc1cc(-c2nc(CN)c(Br)s2)ccc1F. The molecule has 5 heteroatoms. The fourth-order valence-corrected chi connectivity index (χ4v) is 2.89. The predicted molar refractivity (Wildman–Crippen MR) is 67.8 cm³/mol. The quantitative estimate of drug-likeness (QED) is 0.922.